The van der Waals surface area contributed by atoms with Crippen molar-refractivity contribution in [2.45, 2.75) is 25.7 Å². The van der Waals surface area contributed by atoms with Crippen molar-refractivity contribution >= 4 is 23.2 Å². The normalized spacial score (nSPS) is 11.8. The first kappa shape index (κ1) is 21.3. The van der Waals surface area contributed by atoms with E-state index in [0.29, 0.717) is 6.07 Å². The maximum Gasteiger partial charge on any atom is 0.416 e. The number of anilines is 2. The first-order valence-corrected chi connectivity index (χ1v) is 7.81. The number of benzene rings is 2. The minimum absolute atomic E-state index is 0.0281. The van der Waals surface area contributed by atoms with Crippen molar-refractivity contribution in [3.63, 3.8) is 0 Å². The predicted molar refractivity (Wildman–Crippen MR) is 89.5 cm³/mol. The van der Waals surface area contributed by atoms with E-state index in [4.69, 9.17) is 0 Å². The zero-order valence-corrected chi connectivity index (χ0v) is 14.3. The van der Waals surface area contributed by atoms with Gasteiger partial charge in [0.1, 0.15) is 0 Å². The topological polar surface area (TPSA) is 58.2 Å². The molecule has 150 valence electrons. The van der Waals surface area contributed by atoms with Gasteiger partial charge in [0, 0.05) is 6.92 Å². The predicted octanol–water partition coefficient (Wildman–Crippen LogP) is 4.86. The summed E-state index contributed by atoms with van der Waals surface area (Å²) in [5.41, 5.74) is -2.37. The van der Waals surface area contributed by atoms with Gasteiger partial charge in [-0.1, -0.05) is 18.2 Å². The summed E-state index contributed by atoms with van der Waals surface area (Å²) in [6.07, 6.45) is -9.78. The molecule has 0 heterocycles. The number of amides is 2. The highest BCUT2D eigenvalue weighted by Gasteiger charge is 2.32. The summed E-state index contributed by atoms with van der Waals surface area (Å²) >= 11 is 0. The summed E-state index contributed by atoms with van der Waals surface area (Å²) in [4.78, 5) is 23.4. The molecule has 0 aliphatic rings. The summed E-state index contributed by atoms with van der Waals surface area (Å²) in [5.74, 6) is -1.42. The van der Waals surface area contributed by atoms with E-state index in [1.165, 1.54) is 6.07 Å². The third-order valence-corrected chi connectivity index (χ3v) is 3.55. The van der Waals surface area contributed by atoms with Gasteiger partial charge in [0.25, 0.3) is 0 Å². The van der Waals surface area contributed by atoms with Crippen LogP contribution < -0.4 is 10.6 Å². The molecule has 2 amide bonds. The Morgan fingerprint density at radius 2 is 1.43 bits per heavy atom. The molecule has 28 heavy (non-hydrogen) atoms. The molecule has 4 nitrogen and oxygen atoms in total. The van der Waals surface area contributed by atoms with Gasteiger partial charge in [-0.15, -0.1) is 0 Å². The van der Waals surface area contributed by atoms with Crippen molar-refractivity contribution in [2.24, 2.45) is 0 Å². The van der Waals surface area contributed by atoms with E-state index in [1.807, 2.05) is 0 Å². The van der Waals surface area contributed by atoms with Crippen LogP contribution in [0.4, 0.5) is 37.7 Å². The minimum Gasteiger partial charge on any atom is -0.325 e. The number of carbonyl (C=O) groups excluding carboxylic acids is 2. The second kappa shape index (κ2) is 7.91. The molecular formula is C18H14F6N2O2. The lowest BCUT2D eigenvalue weighted by atomic mass is 10.1. The number of hydrogen-bond donors (Lipinski definition) is 2. The molecule has 0 unspecified atom stereocenters. The SMILES string of the molecule is CC(=O)Nc1ccc(C(F)(F)F)cc1NC(=O)Cc1cccc(C(F)(F)F)c1. The van der Waals surface area contributed by atoms with Crippen LogP contribution in [0.3, 0.4) is 0 Å². The summed E-state index contributed by atoms with van der Waals surface area (Å²) < 4.78 is 76.9. The van der Waals surface area contributed by atoms with E-state index in [1.54, 1.807) is 0 Å². The van der Waals surface area contributed by atoms with Crippen LogP contribution in [0.1, 0.15) is 23.6 Å². The fraction of sp³-hybridized carbons (Fsp3) is 0.222. The highest BCUT2D eigenvalue weighted by atomic mass is 19.4. The summed E-state index contributed by atoms with van der Waals surface area (Å²) in [5, 5.41) is 4.48. The van der Waals surface area contributed by atoms with Crippen molar-refractivity contribution in [3.05, 3.63) is 59.2 Å². The lowest BCUT2D eigenvalue weighted by molar-refractivity contribution is -0.138. The second-order valence-electron chi connectivity index (χ2n) is 5.86. The van der Waals surface area contributed by atoms with Crippen molar-refractivity contribution in [2.75, 3.05) is 10.6 Å². The fourth-order valence-corrected chi connectivity index (χ4v) is 2.36. The van der Waals surface area contributed by atoms with Crippen molar-refractivity contribution < 1.29 is 35.9 Å². The molecule has 0 fully saturated rings. The van der Waals surface area contributed by atoms with Crippen molar-refractivity contribution in [3.8, 4) is 0 Å². The maximum atomic E-state index is 12.9. The zero-order chi connectivity index (χ0) is 21.1. The maximum absolute atomic E-state index is 12.9. The van der Waals surface area contributed by atoms with Gasteiger partial charge in [0.2, 0.25) is 11.8 Å². The van der Waals surface area contributed by atoms with Crippen LogP contribution >= 0.6 is 0 Å². The van der Waals surface area contributed by atoms with Gasteiger partial charge in [-0.2, -0.15) is 26.3 Å². The average Bonchev–Trinajstić information content (AvgIpc) is 2.54. The van der Waals surface area contributed by atoms with Crippen molar-refractivity contribution in [1.29, 1.82) is 0 Å². The van der Waals surface area contributed by atoms with Crippen LogP contribution in [-0.2, 0) is 28.4 Å². The molecule has 0 spiro atoms. The fourth-order valence-electron chi connectivity index (χ4n) is 2.36. The van der Waals surface area contributed by atoms with E-state index in [9.17, 15) is 35.9 Å². The Labute approximate surface area is 155 Å². The summed E-state index contributed by atoms with van der Waals surface area (Å²) in [6, 6.07) is 6.37. The van der Waals surface area contributed by atoms with Gasteiger partial charge < -0.3 is 10.6 Å². The molecule has 2 N–H and O–H groups in total. The lowest BCUT2D eigenvalue weighted by Gasteiger charge is -2.15. The third kappa shape index (κ3) is 5.73. The molecule has 10 heteroatoms. The Hall–Kier alpha value is -3.04. The Bertz CT molecular complexity index is 890. The smallest absolute Gasteiger partial charge is 0.325 e. The van der Waals surface area contributed by atoms with Crippen LogP contribution in [-0.4, -0.2) is 11.8 Å². The van der Waals surface area contributed by atoms with E-state index in [0.717, 1.165) is 37.3 Å². The molecule has 0 saturated carbocycles. The van der Waals surface area contributed by atoms with E-state index < -0.39 is 41.7 Å². The molecule has 0 atom stereocenters. The van der Waals surface area contributed by atoms with E-state index in [-0.39, 0.29) is 16.9 Å². The van der Waals surface area contributed by atoms with Crippen LogP contribution in [0.2, 0.25) is 0 Å². The van der Waals surface area contributed by atoms with E-state index >= 15 is 0 Å². The van der Waals surface area contributed by atoms with Gasteiger partial charge in [-0.05, 0) is 29.8 Å². The molecule has 0 saturated heterocycles. The van der Waals surface area contributed by atoms with Gasteiger partial charge in [-0.3, -0.25) is 9.59 Å². The lowest BCUT2D eigenvalue weighted by Crippen LogP contribution is -2.18. The first-order valence-electron chi connectivity index (χ1n) is 7.81. The van der Waals surface area contributed by atoms with Crippen LogP contribution in [0.5, 0.6) is 0 Å². The van der Waals surface area contributed by atoms with Crippen LogP contribution in [0, 0.1) is 0 Å². The minimum atomic E-state index is -4.69. The van der Waals surface area contributed by atoms with Crippen LogP contribution in [0.15, 0.2) is 42.5 Å². The number of hydrogen-bond acceptors (Lipinski definition) is 2. The third-order valence-electron chi connectivity index (χ3n) is 3.55. The molecule has 0 aliphatic heterocycles. The molecule has 0 radical (unpaired) electrons. The average molecular weight is 404 g/mol. The largest absolute Gasteiger partial charge is 0.416 e. The van der Waals surface area contributed by atoms with Gasteiger partial charge >= 0.3 is 12.4 Å². The Balaban J connectivity index is 2.26. The van der Waals surface area contributed by atoms with Crippen LogP contribution in [0.25, 0.3) is 0 Å². The number of rotatable bonds is 4. The number of alkyl halides is 6. The zero-order valence-electron chi connectivity index (χ0n) is 14.3. The van der Waals surface area contributed by atoms with Gasteiger partial charge in [0.05, 0.1) is 28.9 Å². The van der Waals surface area contributed by atoms with Crippen molar-refractivity contribution in [1.82, 2.24) is 0 Å². The summed E-state index contributed by atoms with van der Waals surface area (Å²) in [7, 11) is 0. The molecule has 2 rings (SSSR count). The Morgan fingerprint density at radius 1 is 0.821 bits per heavy atom. The van der Waals surface area contributed by atoms with E-state index in [2.05, 4.69) is 10.6 Å². The summed E-state index contributed by atoms with van der Waals surface area (Å²) in [6.45, 7) is 1.13. The first-order chi connectivity index (χ1) is 12.9. The monoisotopic (exact) mass is 404 g/mol. The second-order valence-corrected chi connectivity index (χ2v) is 5.86. The number of halogens is 6. The highest BCUT2D eigenvalue weighted by Crippen LogP contribution is 2.34. The molecule has 0 aromatic heterocycles. The Morgan fingerprint density at radius 3 is 2.00 bits per heavy atom. The van der Waals surface area contributed by atoms with Gasteiger partial charge in [-0.25, -0.2) is 0 Å². The molecule has 2 aromatic carbocycles. The molecule has 2 aromatic rings. The molecular weight excluding hydrogens is 390 g/mol. The standard InChI is InChI=1S/C18H14F6N2O2/c1-10(27)25-14-6-5-13(18(22,23)24)9-15(14)26-16(28)8-11-3-2-4-12(7-11)17(19,20)21/h2-7,9H,8H2,1H3,(H,25,27)(H,26,28). The highest BCUT2D eigenvalue weighted by molar-refractivity contribution is 5.99. The quantitative estimate of drug-likeness (QED) is 0.715. The molecule has 0 bridgehead atoms. The Kier molecular flexibility index (Phi) is 6.01. The number of nitrogens with one attached hydrogen (secondary N) is 2. The molecule has 0 aliphatic carbocycles. The number of carbonyl (C=O) groups is 2. The van der Waals surface area contributed by atoms with Gasteiger partial charge in [0.15, 0.2) is 0 Å².